The Morgan fingerprint density at radius 3 is 0.808 bits per heavy atom. The Bertz CT molecular complexity index is 5550. The predicted molar refractivity (Wildman–Crippen MR) is 402 cm³/mol. The zero-order chi connectivity index (χ0) is 66.4. The minimum absolute atomic E-state index is 0.164. The third-order valence-electron chi connectivity index (χ3n) is 18.2. The molecule has 1 N–H and O–H groups in total. The molecule has 0 bridgehead atoms. The zero-order valence-electron chi connectivity index (χ0n) is 53.6. The molecule has 0 fully saturated rings. The molecule has 0 atom stereocenters. The molecule has 8 nitrogen and oxygen atoms in total. The van der Waals surface area contributed by atoms with E-state index < -0.39 is 5.97 Å². The lowest BCUT2D eigenvalue weighted by atomic mass is 9.78. The van der Waals surface area contributed by atoms with Crippen molar-refractivity contribution in [3.63, 3.8) is 0 Å². The van der Waals surface area contributed by atoms with Crippen LogP contribution in [0.1, 0.15) is 10.4 Å². The predicted octanol–water partition coefficient (Wildman–Crippen LogP) is 22.8. The molecule has 0 unspecified atom stereocenters. The lowest BCUT2D eigenvalue weighted by Crippen LogP contribution is -2.01. The molecule has 0 aliphatic heterocycles. The minimum atomic E-state index is -1.02. The number of hydrogen-bond donors (Lipinski definition) is 1. The van der Waals surface area contributed by atoms with E-state index in [1.54, 1.807) is 12.1 Å². The van der Waals surface area contributed by atoms with Gasteiger partial charge in [0.05, 0.1) is 39.7 Å². The van der Waals surface area contributed by atoms with Crippen LogP contribution in [0.4, 0.5) is 0 Å². The fourth-order valence-electron chi connectivity index (χ4n) is 13.9. The summed E-state index contributed by atoms with van der Waals surface area (Å²) in [6, 6.07) is 110. The van der Waals surface area contributed by atoms with E-state index in [1.165, 1.54) is 0 Å². The van der Waals surface area contributed by atoms with Crippen molar-refractivity contribution in [2.45, 2.75) is 0 Å². The van der Waals surface area contributed by atoms with E-state index in [1.807, 2.05) is 146 Å². The Morgan fingerprint density at radius 2 is 0.444 bits per heavy atom. The van der Waals surface area contributed by atoms with Crippen LogP contribution < -0.4 is 0 Å². The van der Waals surface area contributed by atoms with Gasteiger partial charge in [-0.25, -0.2) is 4.79 Å². The van der Waals surface area contributed by atoms with E-state index in [9.17, 15) is 9.90 Å². The highest BCUT2D eigenvalue weighted by atomic mass is 16.4. The smallest absolute Gasteiger partial charge is 0.335 e. The highest BCUT2D eigenvalue weighted by molar-refractivity contribution is 6.11. The Balaban J connectivity index is 0.983. The first-order valence-corrected chi connectivity index (χ1v) is 32.9. The second-order valence-corrected chi connectivity index (χ2v) is 24.1. The number of nitrogens with zero attached hydrogens (tertiary/aromatic N) is 6. The monoisotopic (exact) mass is 1270 g/mol. The summed E-state index contributed by atoms with van der Waals surface area (Å²) in [5.41, 5.74) is 27.8. The Labute approximate surface area is 574 Å². The molecule has 99 heavy (non-hydrogen) atoms. The normalized spacial score (nSPS) is 11.1. The number of benzene rings is 10. The van der Waals surface area contributed by atoms with Gasteiger partial charge in [-0.05, 0) is 198 Å². The average Bonchev–Trinajstić information content (AvgIpc) is 0.747. The first-order chi connectivity index (χ1) is 49.0. The molecule has 8 heteroatoms. The molecule has 10 aromatic carbocycles. The van der Waals surface area contributed by atoms with Crippen LogP contribution in [0.15, 0.2) is 359 Å². The van der Waals surface area contributed by atoms with Crippen LogP contribution in [-0.2, 0) is 0 Å². The third kappa shape index (κ3) is 11.9. The zero-order valence-corrected chi connectivity index (χ0v) is 53.6. The molecule has 0 aliphatic carbocycles. The van der Waals surface area contributed by atoms with E-state index in [4.69, 9.17) is 29.9 Å². The van der Waals surface area contributed by atoms with Crippen LogP contribution in [-0.4, -0.2) is 41.0 Å². The summed E-state index contributed by atoms with van der Waals surface area (Å²) in [5.74, 6) is -1.02. The number of carbonyl (C=O) groups is 1. The Hall–Kier alpha value is -13.4. The van der Waals surface area contributed by atoms with Crippen molar-refractivity contribution >= 4 is 5.97 Å². The third-order valence-corrected chi connectivity index (χ3v) is 18.2. The summed E-state index contributed by atoms with van der Waals surface area (Å²) in [4.78, 5) is 43.6. The van der Waals surface area contributed by atoms with Crippen LogP contribution in [0.5, 0.6) is 0 Å². The van der Waals surface area contributed by atoms with E-state index >= 15 is 0 Å². The molecule has 6 heterocycles. The molecule has 16 aromatic rings. The molecule has 6 aromatic heterocycles. The van der Waals surface area contributed by atoms with Gasteiger partial charge in [-0.15, -0.1) is 0 Å². The summed E-state index contributed by atoms with van der Waals surface area (Å²) in [6.45, 7) is 0. The highest BCUT2D eigenvalue weighted by Gasteiger charge is 2.30. The highest BCUT2D eigenvalue weighted by Crippen LogP contribution is 2.54. The molecular weight excluding hydrogens is 1210 g/mol. The van der Waals surface area contributed by atoms with E-state index in [0.717, 1.165) is 156 Å². The van der Waals surface area contributed by atoms with Crippen molar-refractivity contribution < 1.29 is 9.90 Å². The fraction of sp³-hybridized carbons (Fsp3) is 0. The standard InChI is InChI=1S/C91H60N6O2/c98-91(99)69-35-25-34-68(56-69)74-59-75(76-36-13-19-50-92-76)84(66-46-42-62(43-47-66)70-57-72(60-26-5-1-6-27-60)87(78-38-15-21-52-94-78)89(80-40-17-23-54-96-80)82(70)64-30-9-3-10-31-64)85(86(74)77-37-14-20-51-93-77)67-48-44-63(45-49-67)71-58-73(61-28-7-2-8-29-61)88(79-39-16-22-53-95-79)90(81-41-18-24-55-97-81)83(71)65-32-11-4-12-33-65/h1-59H,(H,98,99). The first kappa shape index (κ1) is 60.5. The molecular formula is C91H60N6O2. The number of hydrogen-bond acceptors (Lipinski definition) is 7. The van der Waals surface area contributed by atoms with Gasteiger partial charge in [-0.2, -0.15) is 0 Å². The molecule has 0 radical (unpaired) electrons. The van der Waals surface area contributed by atoms with E-state index in [-0.39, 0.29) is 5.56 Å². The van der Waals surface area contributed by atoms with Crippen molar-refractivity contribution in [3.8, 4) is 168 Å². The van der Waals surface area contributed by atoms with Gasteiger partial charge < -0.3 is 5.11 Å². The minimum Gasteiger partial charge on any atom is -0.478 e. The topological polar surface area (TPSA) is 115 Å². The number of aromatic carboxylic acids is 1. The quantitative estimate of drug-likeness (QED) is 0.102. The first-order valence-electron chi connectivity index (χ1n) is 32.9. The van der Waals surface area contributed by atoms with Crippen LogP contribution in [0, 0.1) is 0 Å². The Kier molecular flexibility index (Phi) is 16.6. The van der Waals surface area contributed by atoms with Gasteiger partial charge >= 0.3 is 5.97 Å². The number of aromatic nitrogens is 6. The van der Waals surface area contributed by atoms with Gasteiger partial charge in [0.25, 0.3) is 0 Å². The maximum Gasteiger partial charge on any atom is 0.335 e. The maximum atomic E-state index is 13.0. The van der Waals surface area contributed by atoms with E-state index in [0.29, 0.717) is 11.3 Å². The molecule has 0 spiro atoms. The van der Waals surface area contributed by atoms with Crippen molar-refractivity contribution in [1.29, 1.82) is 0 Å². The van der Waals surface area contributed by atoms with Crippen molar-refractivity contribution in [1.82, 2.24) is 29.9 Å². The summed E-state index contributed by atoms with van der Waals surface area (Å²) >= 11 is 0. The van der Waals surface area contributed by atoms with Gasteiger partial charge in [0.2, 0.25) is 0 Å². The largest absolute Gasteiger partial charge is 0.478 e. The van der Waals surface area contributed by atoms with Crippen LogP contribution in [0.2, 0.25) is 0 Å². The molecule has 0 aliphatic rings. The van der Waals surface area contributed by atoms with Crippen LogP contribution in [0.3, 0.4) is 0 Å². The van der Waals surface area contributed by atoms with Crippen LogP contribution in [0.25, 0.3) is 168 Å². The summed E-state index contributed by atoms with van der Waals surface area (Å²) in [5, 5.41) is 10.6. The van der Waals surface area contributed by atoms with Gasteiger partial charge in [0.15, 0.2) is 0 Å². The SMILES string of the molecule is O=C(O)c1cccc(-c2cc(-c3ccccn3)c(-c3ccc(-c4cc(-c5ccccc5)c(-c5ccccn5)c(-c5ccccn5)c4-c4ccccc4)cc3)c(-c3ccc(-c4cc(-c5ccccc5)c(-c5ccccn5)c(-c5ccccn5)c4-c4ccccc4)cc3)c2-c2ccccn2)c1. The summed E-state index contributed by atoms with van der Waals surface area (Å²) < 4.78 is 0. The fourth-order valence-corrected chi connectivity index (χ4v) is 13.9. The second kappa shape index (κ2) is 27.1. The molecule has 466 valence electrons. The number of rotatable bonds is 16. The number of pyridine rings is 6. The van der Waals surface area contributed by atoms with Gasteiger partial charge in [0.1, 0.15) is 0 Å². The molecule has 0 saturated carbocycles. The van der Waals surface area contributed by atoms with Crippen molar-refractivity contribution in [2.24, 2.45) is 0 Å². The van der Waals surface area contributed by atoms with Gasteiger partial charge in [0, 0.05) is 76.1 Å². The number of carboxylic acid groups (broad SMARTS) is 1. The van der Waals surface area contributed by atoms with Gasteiger partial charge in [-0.3, -0.25) is 29.9 Å². The van der Waals surface area contributed by atoms with Crippen molar-refractivity contribution in [2.75, 3.05) is 0 Å². The average molecular weight is 1270 g/mol. The lowest BCUT2D eigenvalue weighted by Gasteiger charge is -2.25. The second-order valence-electron chi connectivity index (χ2n) is 24.1. The van der Waals surface area contributed by atoms with E-state index in [2.05, 4.69) is 200 Å². The summed E-state index contributed by atoms with van der Waals surface area (Å²) in [7, 11) is 0. The molecule has 0 amide bonds. The van der Waals surface area contributed by atoms with Gasteiger partial charge in [-0.1, -0.05) is 218 Å². The molecule has 0 saturated heterocycles. The van der Waals surface area contributed by atoms with Crippen LogP contribution >= 0.6 is 0 Å². The summed E-state index contributed by atoms with van der Waals surface area (Å²) in [6.07, 6.45) is 11.1. The number of carboxylic acids is 1. The van der Waals surface area contributed by atoms with Crippen molar-refractivity contribution in [3.05, 3.63) is 364 Å². The molecule has 16 rings (SSSR count). The lowest BCUT2D eigenvalue weighted by molar-refractivity contribution is 0.0697. The Morgan fingerprint density at radius 1 is 0.192 bits per heavy atom. The maximum absolute atomic E-state index is 13.0.